The average Bonchev–Trinajstić information content (AvgIpc) is 2.54. The normalized spacial score (nSPS) is 16.5. The molecule has 0 atom stereocenters. The van der Waals surface area contributed by atoms with Crippen molar-refractivity contribution in [2.45, 2.75) is 18.8 Å². The summed E-state index contributed by atoms with van der Waals surface area (Å²) in [7, 11) is 3.68. The van der Waals surface area contributed by atoms with E-state index in [9.17, 15) is 4.79 Å². The Hall–Kier alpha value is -1.99. The predicted octanol–water partition coefficient (Wildman–Crippen LogP) is 1.78. The summed E-state index contributed by atoms with van der Waals surface area (Å²) in [6, 6.07) is 5.30. The molecule has 2 aromatic heterocycles. The van der Waals surface area contributed by atoms with Crippen molar-refractivity contribution < 1.29 is 0 Å². The summed E-state index contributed by atoms with van der Waals surface area (Å²) < 4.78 is 1.19. The Morgan fingerprint density at radius 3 is 2.61 bits per heavy atom. The summed E-state index contributed by atoms with van der Waals surface area (Å²) in [6.45, 7) is 2.16. The van der Waals surface area contributed by atoms with Gasteiger partial charge in [-0.3, -0.25) is 4.79 Å². The van der Waals surface area contributed by atoms with E-state index >= 15 is 0 Å². The molecule has 0 unspecified atom stereocenters. The Morgan fingerprint density at radius 2 is 1.96 bits per heavy atom. The molecule has 7 nitrogen and oxygen atoms in total. The molecule has 3 heterocycles. The zero-order valence-corrected chi connectivity index (χ0v) is 13.9. The van der Waals surface area contributed by atoms with Gasteiger partial charge in [-0.2, -0.15) is 10.2 Å². The topological polar surface area (TPSA) is 75.9 Å². The van der Waals surface area contributed by atoms with E-state index in [1.807, 2.05) is 12.1 Å². The van der Waals surface area contributed by atoms with Crippen LogP contribution < -0.4 is 10.9 Å². The molecule has 0 bridgehead atoms. The van der Waals surface area contributed by atoms with Crippen molar-refractivity contribution in [3.05, 3.63) is 39.4 Å². The van der Waals surface area contributed by atoms with Gasteiger partial charge in [0.15, 0.2) is 11.0 Å². The second-order valence-corrected chi connectivity index (χ2v) is 6.24. The first-order chi connectivity index (χ1) is 11.0. The summed E-state index contributed by atoms with van der Waals surface area (Å²) in [4.78, 5) is 14.3. The lowest BCUT2D eigenvalue weighted by Crippen LogP contribution is -2.29. The molecule has 0 amide bonds. The van der Waals surface area contributed by atoms with Gasteiger partial charge < -0.3 is 10.2 Å². The Bertz CT molecular complexity index is 737. The average molecular weight is 335 g/mol. The molecular weight excluding hydrogens is 316 g/mol. The summed E-state index contributed by atoms with van der Waals surface area (Å²) in [5.41, 5.74) is 1.06. The van der Waals surface area contributed by atoms with Crippen molar-refractivity contribution >= 4 is 23.1 Å². The Morgan fingerprint density at radius 1 is 1.22 bits per heavy atom. The van der Waals surface area contributed by atoms with Crippen LogP contribution in [-0.2, 0) is 7.05 Å². The highest BCUT2D eigenvalue weighted by Crippen LogP contribution is 2.26. The van der Waals surface area contributed by atoms with Crippen LogP contribution in [0.2, 0.25) is 5.15 Å². The monoisotopic (exact) mass is 334 g/mol. The van der Waals surface area contributed by atoms with Crippen LogP contribution in [0.1, 0.15) is 24.5 Å². The van der Waals surface area contributed by atoms with Crippen molar-refractivity contribution in [2.24, 2.45) is 7.05 Å². The Balaban J connectivity index is 1.74. The minimum absolute atomic E-state index is 0.241. The molecule has 0 aromatic carbocycles. The number of piperidine rings is 1. The molecule has 1 aliphatic rings. The molecule has 23 heavy (non-hydrogen) atoms. The van der Waals surface area contributed by atoms with Crippen LogP contribution in [-0.4, -0.2) is 45.0 Å². The smallest absolute Gasteiger partial charge is 0.290 e. The molecule has 1 N–H and O–H groups in total. The van der Waals surface area contributed by atoms with Crippen molar-refractivity contribution in [1.82, 2.24) is 24.9 Å². The quantitative estimate of drug-likeness (QED) is 0.922. The second kappa shape index (κ2) is 6.64. The first kappa shape index (κ1) is 15.9. The van der Waals surface area contributed by atoms with Gasteiger partial charge in [0.05, 0.1) is 5.69 Å². The van der Waals surface area contributed by atoms with E-state index in [2.05, 4.69) is 32.6 Å². The lowest BCUT2D eigenvalue weighted by atomic mass is 9.94. The van der Waals surface area contributed by atoms with E-state index in [0.29, 0.717) is 17.4 Å². The zero-order chi connectivity index (χ0) is 16.4. The number of halogens is 1. The fourth-order valence-corrected chi connectivity index (χ4v) is 2.95. The highest BCUT2D eigenvalue weighted by Gasteiger charge is 2.19. The third-order valence-corrected chi connectivity index (χ3v) is 4.30. The second-order valence-electron chi connectivity index (χ2n) is 5.86. The van der Waals surface area contributed by atoms with Crippen LogP contribution in [0.15, 0.2) is 23.0 Å². The SMILES string of the molecule is CN1CCC(c2ccc(Nc3cc(Cl)nn(C)c3=O)nn2)CC1. The summed E-state index contributed by atoms with van der Waals surface area (Å²) in [5, 5.41) is 15.5. The van der Waals surface area contributed by atoms with E-state index in [4.69, 9.17) is 11.6 Å². The van der Waals surface area contributed by atoms with E-state index < -0.39 is 0 Å². The number of nitrogens with zero attached hydrogens (tertiary/aromatic N) is 5. The molecule has 2 aromatic rings. The fraction of sp³-hybridized carbons (Fsp3) is 0.467. The number of hydrogen-bond donors (Lipinski definition) is 1. The van der Waals surface area contributed by atoms with Gasteiger partial charge in [0.1, 0.15) is 5.69 Å². The van der Waals surface area contributed by atoms with Gasteiger partial charge >= 0.3 is 0 Å². The van der Waals surface area contributed by atoms with Gasteiger partial charge in [0.25, 0.3) is 5.56 Å². The third kappa shape index (κ3) is 3.68. The van der Waals surface area contributed by atoms with Crippen LogP contribution in [0.5, 0.6) is 0 Å². The van der Waals surface area contributed by atoms with E-state index in [1.54, 1.807) is 7.05 Å². The molecule has 1 fully saturated rings. The van der Waals surface area contributed by atoms with Crippen LogP contribution in [0.4, 0.5) is 11.5 Å². The standard InChI is InChI=1S/C15H19ClN6O/c1-21-7-5-10(6-8-21)11-3-4-14(19-18-11)17-12-9-13(16)20-22(2)15(12)23/h3-4,9-10H,5-8H2,1-2H3,(H,17,19). The zero-order valence-electron chi connectivity index (χ0n) is 13.2. The molecule has 0 aliphatic carbocycles. The molecule has 8 heteroatoms. The van der Waals surface area contributed by atoms with Crippen LogP contribution in [0.25, 0.3) is 0 Å². The molecular formula is C15H19ClN6O. The van der Waals surface area contributed by atoms with Gasteiger partial charge in [-0.15, -0.1) is 5.10 Å². The van der Waals surface area contributed by atoms with E-state index in [1.165, 1.54) is 10.7 Å². The van der Waals surface area contributed by atoms with Gasteiger partial charge in [0, 0.05) is 19.0 Å². The maximum atomic E-state index is 12.0. The molecule has 0 spiro atoms. The van der Waals surface area contributed by atoms with E-state index in [-0.39, 0.29) is 10.7 Å². The third-order valence-electron chi connectivity index (χ3n) is 4.12. The molecule has 0 radical (unpaired) electrons. The van der Waals surface area contributed by atoms with E-state index in [0.717, 1.165) is 31.6 Å². The van der Waals surface area contributed by atoms with Gasteiger partial charge in [-0.05, 0) is 45.1 Å². The fourth-order valence-electron chi connectivity index (χ4n) is 2.73. The van der Waals surface area contributed by atoms with Gasteiger partial charge in [-0.25, -0.2) is 4.68 Å². The number of rotatable bonds is 3. The maximum Gasteiger partial charge on any atom is 0.290 e. The Labute approximate surface area is 139 Å². The number of aromatic nitrogens is 4. The van der Waals surface area contributed by atoms with Crippen LogP contribution in [0, 0.1) is 0 Å². The molecule has 1 saturated heterocycles. The largest absolute Gasteiger partial charge is 0.334 e. The number of hydrogen-bond acceptors (Lipinski definition) is 6. The highest BCUT2D eigenvalue weighted by atomic mass is 35.5. The van der Waals surface area contributed by atoms with Crippen molar-refractivity contribution in [3.63, 3.8) is 0 Å². The summed E-state index contributed by atoms with van der Waals surface area (Å²) >= 11 is 5.88. The minimum atomic E-state index is -0.268. The summed E-state index contributed by atoms with van der Waals surface area (Å²) in [6.07, 6.45) is 2.19. The molecule has 1 aliphatic heterocycles. The van der Waals surface area contributed by atoms with Crippen LogP contribution in [0.3, 0.4) is 0 Å². The molecule has 3 rings (SSSR count). The number of nitrogens with one attached hydrogen (secondary N) is 1. The summed E-state index contributed by atoms with van der Waals surface area (Å²) in [5.74, 6) is 0.969. The first-order valence-electron chi connectivity index (χ1n) is 7.56. The highest BCUT2D eigenvalue weighted by molar-refractivity contribution is 6.29. The number of likely N-dealkylation sites (tertiary alicyclic amines) is 1. The predicted molar refractivity (Wildman–Crippen MR) is 89.3 cm³/mol. The lowest BCUT2D eigenvalue weighted by Gasteiger charge is -2.28. The van der Waals surface area contributed by atoms with Crippen molar-refractivity contribution in [3.8, 4) is 0 Å². The van der Waals surface area contributed by atoms with Crippen molar-refractivity contribution in [2.75, 3.05) is 25.5 Å². The minimum Gasteiger partial charge on any atom is -0.334 e. The first-order valence-corrected chi connectivity index (χ1v) is 7.94. The molecule has 0 saturated carbocycles. The van der Waals surface area contributed by atoms with Crippen molar-refractivity contribution in [1.29, 1.82) is 0 Å². The number of anilines is 2. The maximum absolute atomic E-state index is 12.0. The molecule has 122 valence electrons. The Kier molecular flexibility index (Phi) is 4.58. The lowest BCUT2D eigenvalue weighted by molar-refractivity contribution is 0.253. The van der Waals surface area contributed by atoms with Gasteiger partial charge in [-0.1, -0.05) is 11.6 Å². The van der Waals surface area contributed by atoms with Gasteiger partial charge in [0.2, 0.25) is 0 Å². The van der Waals surface area contributed by atoms with Crippen LogP contribution >= 0.6 is 11.6 Å². The number of aryl methyl sites for hydroxylation is 1.